The van der Waals surface area contributed by atoms with Crippen LogP contribution in [0, 0.1) is 0 Å². The lowest BCUT2D eigenvalue weighted by molar-refractivity contribution is 0.101. The van der Waals surface area contributed by atoms with E-state index in [1.807, 2.05) is 18.3 Å². The van der Waals surface area contributed by atoms with Crippen LogP contribution in [0.5, 0.6) is 0 Å². The number of hydrogen-bond donors (Lipinski definition) is 2. The van der Waals surface area contributed by atoms with Gasteiger partial charge in [-0.1, -0.05) is 30.3 Å². The van der Waals surface area contributed by atoms with Crippen molar-refractivity contribution in [2.24, 2.45) is 0 Å². The number of aromatic nitrogens is 3. The summed E-state index contributed by atoms with van der Waals surface area (Å²) in [5, 5.41) is 11.7. The van der Waals surface area contributed by atoms with Gasteiger partial charge in [-0.25, -0.2) is 4.39 Å². The summed E-state index contributed by atoms with van der Waals surface area (Å²) in [4.78, 5) is 9.52. The fourth-order valence-corrected chi connectivity index (χ4v) is 5.55. The number of halogens is 1. The third kappa shape index (κ3) is 3.89. The summed E-state index contributed by atoms with van der Waals surface area (Å²) < 4.78 is 15.5. The molecule has 1 aliphatic heterocycles. The van der Waals surface area contributed by atoms with Gasteiger partial charge in [0, 0.05) is 53.9 Å². The molecule has 180 valence electrons. The number of nitrogens with zero attached hydrogens (tertiary/aromatic N) is 4. The SMILES string of the molecule is CNC1(F)CCCc2c(-c3cc4c(-c5ccc(N6CCN(C)CC6)cc5)n[nH]c4cn3)cccc21. The van der Waals surface area contributed by atoms with E-state index in [1.165, 1.54) is 5.69 Å². The molecule has 2 N–H and O–H groups in total. The molecule has 3 heterocycles. The van der Waals surface area contributed by atoms with Crippen LogP contribution in [0.4, 0.5) is 10.1 Å². The maximum absolute atomic E-state index is 15.5. The van der Waals surface area contributed by atoms with Gasteiger partial charge in [-0.15, -0.1) is 0 Å². The van der Waals surface area contributed by atoms with Crippen LogP contribution in [0.1, 0.15) is 24.0 Å². The lowest BCUT2D eigenvalue weighted by Crippen LogP contribution is -2.44. The zero-order chi connectivity index (χ0) is 24.0. The number of anilines is 1. The molecule has 2 aliphatic rings. The predicted octanol–water partition coefficient (Wildman–Crippen LogP) is 4.72. The number of nitrogens with one attached hydrogen (secondary N) is 2. The average Bonchev–Trinajstić information content (AvgIpc) is 3.32. The summed E-state index contributed by atoms with van der Waals surface area (Å²) in [5.74, 6) is -1.49. The van der Waals surface area contributed by atoms with E-state index in [1.54, 1.807) is 7.05 Å². The van der Waals surface area contributed by atoms with Crippen LogP contribution in [0.15, 0.2) is 54.7 Å². The Bertz CT molecular complexity index is 1360. The average molecular weight is 471 g/mol. The highest BCUT2D eigenvalue weighted by atomic mass is 19.1. The van der Waals surface area contributed by atoms with E-state index >= 15 is 4.39 Å². The first-order chi connectivity index (χ1) is 17.1. The highest BCUT2D eigenvalue weighted by Crippen LogP contribution is 2.41. The molecule has 0 radical (unpaired) electrons. The fourth-order valence-electron chi connectivity index (χ4n) is 5.55. The van der Waals surface area contributed by atoms with Crippen LogP contribution in [-0.2, 0) is 12.2 Å². The molecule has 2 aromatic heterocycles. The zero-order valence-electron chi connectivity index (χ0n) is 20.3. The summed E-state index contributed by atoms with van der Waals surface area (Å²) >= 11 is 0. The highest BCUT2D eigenvalue weighted by molar-refractivity contribution is 5.95. The maximum Gasteiger partial charge on any atom is 0.187 e. The van der Waals surface area contributed by atoms with Gasteiger partial charge in [-0.3, -0.25) is 15.4 Å². The Balaban J connectivity index is 1.36. The lowest BCUT2D eigenvalue weighted by Gasteiger charge is -2.34. The van der Waals surface area contributed by atoms with Crippen LogP contribution < -0.4 is 10.2 Å². The number of aromatic amines is 1. The van der Waals surface area contributed by atoms with E-state index in [2.05, 4.69) is 68.8 Å². The molecular weight excluding hydrogens is 439 g/mol. The van der Waals surface area contributed by atoms with E-state index in [0.29, 0.717) is 6.42 Å². The largest absolute Gasteiger partial charge is 0.369 e. The molecule has 0 saturated carbocycles. The number of H-pyrrole nitrogens is 1. The number of benzene rings is 2. The number of hydrogen-bond acceptors (Lipinski definition) is 5. The normalized spacial score (nSPS) is 20.8. The van der Waals surface area contributed by atoms with Gasteiger partial charge in [0.15, 0.2) is 5.79 Å². The first-order valence-corrected chi connectivity index (χ1v) is 12.4. The standard InChI is InChI=1S/C28H31FN6/c1-30-28(29)12-4-6-21-22(5-3-7-24(21)28)25-17-23-26(18-31-25)32-33-27(23)19-8-10-20(11-9-19)35-15-13-34(2)14-16-35/h3,5,7-11,17-18,30H,4,6,12-16H2,1-2H3,(H,32,33). The number of rotatable bonds is 4. The predicted molar refractivity (Wildman–Crippen MR) is 139 cm³/mol. The number of alkyl halides is 1. The molecule has 7 heteroatoms. The van der Waals surface area contributed by atoms with Gasteiger partial charge in [-0.2, -0.15) is 5.10 Å². The molecule has 6 nitrogen and oxygen atoms in total. The van der Waals surface area contributed by atoms with E-state index < -0.39 is 5.79 Å². The van der Waals surface area contributed by atoms with Gasteiger partial charge >= 0.3 is 0 Å². The maximum atomic E-state index is 15.5. The number of fused-ring (bicyclic) bond motifs is 2. The molecule has 6 rings (SSSR count). The number of likely N-dealkylation sites (N-methyl/N-ethyl adjacent to an activating group) is 1. The van der Waals surface area contributed by atoms with Crippen LogP contribution in [0.2, 0.25) is 0 Å². The summed E-state index contributed by atoms with van der Waals surface area (Å²) in [5.41, 5.74) is 7.76. The van der Waals surface area contributed by atoms with Crippen LogP contribution in [0.3, 0.4) is 0 Å². The smallest absolute Gasteiger partial charge is 0.187 e. The second-order valence-electron chi connectivity index (χ2n) is 9.76. The first kappa shape index (κ1) is 22.2. The van der Waals surface area contributed by atoms with Crippen molar-refractivity contribution in [3.63, 3.8) is 0 Å². The quantitative estimate of drug-likeness (QED) is 0.423. The zero-order valence-corrected chi connectivity index (χ0v) is 20.3. The Kier molecular flexibility index (Phi) is 5.54. The van der Waals surface area contributed by atoms with Gasteiger partial charge in [0.25, 0.3) is 0 Å². The third-order valence-electron chi connectivity index (χ3n) is 7.68. The second-order valence-corrected chi connectivity index (χ2v) is 9.76. The van der Waals surface area contributed by atoms with Crippen molar-refractivity contribution in [3.8, 4) is 22.5 Å². The molecule has 0 bridgehead atoms. The Labute approximate surface area is 205 Å². The van der Waals surface area contributed by atoms with Gasteiger partial charge in [0.1, 0.15) is 5.69 Å². The summed E-state index contributed by atoms with van der Waals surface area (Å²) in [7, 11) is 3.87. The van der Waals surface area contributed by atoms with Crippen molar-refractivity contribution in [1.29, 1.82) is 0 Å². The minimum Gasteiger partial charge on any atom is -0.369 e. The molecule has 1 fully saturated rings. The van der Waals surface area contributed by atoms with E-state index in [4.69, 9.17) is 4.98 Å². The second kappa shape index (κ2) is 8.73. The van der Waals surface area contributed by atoms with E-state index in [0.717, 1.165) is 83.6 Å². The van der Waals surface area contributed by atoms with Crippen molar-refractivity contribution < 1.29 is 4.39 Å². The summed E-state index contributed by atoms with van der Waals surface area (Å²) in [6.07, 6.45) is 3.98. The summed E-state index contributed by atoms with van der Waals surface area (Å²) in [6.45, 7) is 4.27. The molecule has 1 unspecified atom stereocenters. The van der Waals surface area contributed by atoms with Gasteiger partial charge < -0.3 is 9.80 Å². The monoisotopic (exact) mass is 470 g/mol. The molecule has 0 spiro atoms. The number of pyridine rings is 1. The third-order valence-corrected chi connectivity index (χ3v) is 7.68. The minimum atomic E-state index is -1.49. The highest BCUT2D eigenvalue weighted by Gasteiger charge is 2.36. The van der Waals surface area contributed by atoms with Crippen molar-refractivity contribution in [2.45, 2.75) is 25.1 Å². The van der Waals surface area contributed by atoms with Gasteiger partial charge in [0.2, 0.25) is 0 Å². The molecule has 1 saturated heterocycles. The molecule has 0 amide bonds. The van der Waals surface area contributed by atoms with Crippen molar-refractivity contribution in [1.82, 2.24) is 25.4 Å². The van der Waals surface area contributed by atoms with Gasteiger partial charge in [-0.05, 0) is 57.1 Å². The first-order valence-electron chi connectivity index (χ1n) is 12.4. The van der Waals surface area contributed by atoms with Crippen molar-refractivity contribution in [2.75, 3.05) is 45.2 Å². The van der Waals surface area contributed by atoms with Crippen LogP contribution >= 0.6 is 0 Å². The molecule has 1 aliphatic carbocycles. The lowest BCUT2D eigenvalue weighted by atomic mass is 9.82. The minimum absolute atomic E-state index is 0.489. The van der Waals surface area contributed by atoms with Crippen LogP contribution in [-0.4, -0.2) is 60.4 Å². The van der Waals surface area contributed by atoms with Crippen molar-refractivity contribution in [3.05, 3.63) is 65.9 Å². The molecule has 2 aromatic carbocycles. The topological polar surface area (TPSA) is 60.1 Å². The fraction of sp³-hybridized carbons (Fsp3) is 0.357. The van der Waals surface area contributed by atoms with E-state index in [-0.39, 0.29) is 0 Å². The molecule has 4 aromatic rings. The Hall–Kier alpha value is -3.29. The summed E-state index contributed by atoms with van der Waals surface area (Å²) in [6, 6.07) is 16.7. The molecular formula is C28H31FN6. The molecule has 1 atom stereocenters. The Morgan fingerprint density at radius 3 is 2.63 bits per heavy atom. The van der Waals surface area contributed by atoms with Crippen LogP contribution in [0.25, 0.3) is 33.4 Å². The van der Waals surface area contributed by atoms with Gasteiger partial charge in [0.05, 0.1) is 17.4 Å². The Morgan fingerprint density at radius 1 is 1.06 bits per heavy atom. The Morgan fingerprint density at radius 2 is 1.86 bits per heavy atom. The number of piperazine rings is 1. The van der Waals surface area contributed by atoms with E-state index in [9.17, 15) is 0 Å². The van der Waals surface area contributed by atoms with Crippen molar-refractivity contribution >= 4 is 16.6 Å². The molecule has 35 heavy (non-hydrogen) atoms.